The molecule has 0 N–H and O–H groups in total. The average Bonchev–Trinajstić information content (AvgIpc) is 2.79. The van der Waals surface area contributed by atoms with Crippen LogP contribution < -0.4 is 0 Å². The highest BCUT2D eigenvalue weighted by atomic mass is 35.5. The fourth-order valence-corrected chi connectivity index (χ4v) is 1.14. The Kier molecular flexibility index (Phi) is 3.38. The second-order valence-corrected chi connectivity index (χ2v) is 3.81. The smallest absolute Gasteiger partial charge is 0.221 e. The van der Waals surface area contributed by atoms with Crippen molar-refractivity contribution in [1.29, 1.82) is 0 Å². The van der Waals surface area contributed by atoms with Gasteiger partial charge in [0.05, 0.1) is 0 Å². The van der Waals surface area contributed by atoms with E-state index in [4.69, 9.17) is 11.6 Å². The van der Waals surface area contributed by atoms with Gasteiger partial charge in [-0.3, -0.25) is 4.79 Å². The van der Waals surface area contributed by atoms with Gasteiger partial charge < -0.3 is 0 Å². The normalized spacial score (nSPS) is 22.0. The van der Waals surface area contributed by atoms with Crippen LogP contribution in [0.15, 0.2) is 0 Å². The third kappa shape index (κ3) is 4.41. The third-order valence-corrected chi connectivity index (χ3v) is 2.46. The Morgan fingerprint density at radius 1 is 1.27 bits per heavy atom. The van der Waals surface area contributed by atoms with Gasteiger partial charge in [-0.15, -0.1) is 0 Å². The van der Waals surface area contributed by atoms with Gasteiger partial charge in [0, 0.05) is 6.42 Å². The van der Waals surface area contributed by atoms with Crippen molar-refractivity contribution in [2.45, 2.75) is 39.0 Å². The van der Waals surface area contributed by atoms with Gasteiger partial charge in [-0.1, -0.05) is 6.92 Å². The van der Waals surface area contributed by atoms with E-state index < -0.39 is 0 Å². The number of rotatable bonds is 2. The highest BCUT2D eigenvalue weighted by molar-refractivity contribution is 6.63. The highest BCUT2D eigenvalue weighted by Gasteiger charge is 2.37. The second kappa shape index (κ2) is 4.10. The number of carbonyl (C=O) groups is 1. The number of hydrogen-bond acceptors (Lipinski definition) is 1. The Balaban J connectivity index is 0.000000114. The summed E-state index contributed by atoms with van der Waals surface area (Å²) in [6, 6.07) is 0. The quantitative estimate of drug-likeness (QED) is 0.589. The summed E-state index contributed by atoms with van der Waals surface area (Å²) in [4.78, 5) is 9.58. The predicted molar refractivity (Wildman–Crippen MR) is 46.6 cm³/mol. The Bertz CT molecular complexity index is 126. The summed E-state index contributed by atoms with van der Waals surface area (Å²) in [6.07, 6.45) is 6.67. The van der Waals surface area contributed by atoms with Crippen molar-refractivity contribution in [3.8, 4) is 0 Å². The molecule has 0 saturated heterocycles. The Labute approximate surface area is 73.1 Å². The van der Waals surface area contributed by atoms with Gasteiger partial charge in [0.1, 0.15) is 0 Å². The molecule has 2 heteroatoms. The van der Waals surface area contributed by atoms with Crippen molar-refractivity contribution in [2.24, 2.45) is 11.8 Å². The van der Waals surface area contributed by atoms with Gasteiger partial charge in [-0.25, -0.2) is 0 Å². The van der Waals surface area contributed by atoms with E-state index >= 15 is 0 Å². The highest BCUT2D eigenvalue weighted by Crippen LogP contribution is 2.49. The first-order valence-electron chi connectivity index (χ1n) is 4.42. The largest absolute Gasteiger partial charge is 0.281 e. The van der Waals surface area contributed by atoms with Crippen LogP contribution in [0.1, 0.15) is 39.0 Å². The first kappa shape index (κ1) is 9.05. The first-order valence-corrected chi connectivity index (χ1v) is 4.80. The Morgan fingerprint density at radius 3 is 1.64 bits per heavy atom. The van der Waals surface area contributed by atoms with E-state index in [0.717, 1.165) is 0 Å². The molecule has 1 nitrogen and oxygen atoms in total. The Hall–Kier alpha value is -0.0400. The molecule has 2 fully saturated rings. The summed E-state index contributed by atoms with van der Waals surface area (Å²) < 4.78 is 0. The minimum absolute atomic E-state index is 0.273. The molecule has 2 saturated carbocycles. The predicted octanol–water partition coefficient (Wildman–Crippen LogP) is 2.97. The van der Waals surface area contributed by atoms with Crippen molar-refractivity contribution in [3.63, 3.8) is 0 Å². The van der Waals surface area contributed by atoms with Crippen LogP contribution in [0.2, 0.25) is 0 Å². The molecular formula is C9H15ClO. The zero-order valence-corrected chi connectivity index (χ0v) is 7.73. The fraction of sp³-hybridized carbons (Fsp3) is 0.889. The summed E-state index contributed by atoms with van der Waals surface area (Å²) in [6.45, 7) is 1.72. The maximum atomic E-state index is 9.58. The van der Waals surface area contributed by atoms with E-state index in [9.17, 15) is 4.79 Å². The molecule has 0 unspecified atom stereocenters. The van der Waals surface area contributed by atoms with Crippen molar-refractivity contribution >= 4 is 16.8 Å². The van der Waals surface area contributed by atoms with E-state index in [1.165, 1.54) is 11.8 Å². The number of hydrogen-bond donors (Lipinski definition) is 0. The molecule has 2 rings (SSSR count). The number of carbonyl (C=O) groups excluding carboxylic acids is 1. The third-order valence-electron chi connectivity index (χ3n) is 2.19. The van der Waals surface area contributed by atoms with Crippen molar-refractivity contribution in [2.75, 3.05) is 0 Å². The van der Waals surface area contributed by atoms with E-state index in [1.807, 2.05) is 0 Å². The van der Waals surface area contributed by atoms with Gasteiger partial charge >= 0.3 is 0 Å². The molecule has 0 aromatic heterocycles. The molecule has 0 aliphatic heterocycles. The zero-order chi connectivity index (χ0) is 8.27. The molecule has 0 radical (unpaired) electrons. The van der Waals surface area contributed by atoms with Crippen LogP contribution in [0, 0.1) is 11.8 Å². The summed E-state index contributed by atoms with van der Waals surface area (Å²) >= 11 is 4.82. The average molecular weight is 175 g/mol. The first-order chi connectivity index (χ1) is 5.24. The maximum Gasteiger partial charge on any atom is 0.221 e. The number of halogens is 1. The Morgan fingerprint density at radius 2 is 1.55 bits per heavy atom. The fourth-order valence-electron chi connectivity index (χ4n) is 1.14. The molecule has 64 valence electrons. The van der Waals surface area contributed by atoms with Gasteiger partial charge in [0.2, 0.25) is 5.24 Å². The molecule has 2 aliphatic rings. The molecule has 11 heavy (non-hydrogen) atoms. The topological polar surface area (TPSA) is 17.1 Å². The van der Waals surface area contributed by atoms with Crippen LogP contribution in [0.25, 0.3) is 0 Å². The minimum Gasteiger partial charge on any atom is -0.281 e. The standard InChI is InChI=1S/C6H10.C3H5ClO/c1-2-5(1)6-3-4-6;1-2-3(4)5/h5-6H,1-4H2;2H2,1H3. The van der Waals surface area contributed by atoms with E-state index in [-0.39, 0.29) is 5.24 Å². The van der Waals surface area contributed by atoms with Crippen molar-refractivity contribution < 1.29 is 4.79 Å². The SMILES string of the molecule is C1CC1C1CC1.CCC(=O)Cl. The lowest BCUT2D eigenvalue weighted by molar-refractivity contribution is -0.111. The van der Waals surface area contributed by atoms with Gasteiger partial charge in [-0.05, 0) is 49.1 Å². The monoisotopic (exact) mass is 174 g/mol. The molecular weight excluding hydrogens is 160 g/mol. The van der Waals surface area contributed by atoms with Gasteiger partial charge in [-0.2, -0.15) is 0 Å². The molecule has 0 amide bonds. The van der Waals surface area contributed by atoms with Crippen LogP contribution in [0.5, 0.6) is 0 Å². The molecule has 0 bridgehead atoms. The van der Waals surface area contributed by atoms with Gasteiger partial charge in [0.15, 0.2) is 0 Å². The van der Waals surface area contributed by atoms with E-state index in [0.29, 0.717) is 6.42 Å². The minimum atomic E-state index is -0.273. The van der Waals surface area contributed by atoms with E-state index in [2.05, 4.69) is 0 Å². The lowest BCUT2D eigenvalue weighted by atomic mass is 10.3. The maximum absolute atomic E-state index is 9.58. The molecule has 0 spiro atoms. The molecule has 2 aliphatic carbocycles. The lowest BCUT2D eigenvalue weighted by Gasteiger charge is -1.77. The zero-order valence-electron chi connectivity index (χ0n) is 6.98. The second-order valence-electron chi connectivity index (χ2n) is 3.38. The summed E-state index contributed by atoms with van der Waals surface area (Å²) in [5.74, 6) is 2.43. The lowest BCUT2D eigenvalue weighted by Crippen LogP contribution is -1.74. The van der Waals surface area contributed by atoms with E-state index in [1.54, 1.807) is 32.6 Å². The van der Waals surface area contributed by atoms with Crippen LogP contribution in [-0.2, 0) is 4.79 Å². The van der Waals surface area contributed by atoms with Gasteiger partial charge in [0.25, 0.3) is 0 Å². The summed E-state index contributed by atoms with van der Waals surface area (Å²) in [7, 11) is 0. The molecule has 0 heterocycles. The molecule has 0 atom stereocenters. The van der Waals surface area contributed by atoms with Crippen LogP contribution in [0.4, 0.5) is 0 Å². The summed E-state index contributed by atoms with van der Waals surface area (Å²) in [5, 5.41) is -0.273. The molecule has 0 aromatic rings. The van der Waals surface area contributed by atoms with Crippen molar-refractivity contribution in [3.05, 3.63) is 0 Å². The summed E-state index contributed by atoms with van der Waals surface area (Å²) in [5.41, 5.74) is 0. The van der Waals surface area contributed by atoms with Crippen LogP contribution in [0.3, 0.4) is 0 Å². The molecule has 0 aromatic carbocycles. The van der Waals surface area contributed by atoms with Crippen LogP contribution in [-0.4, -0.2) is 5.24 Å². The van der Waals surface area contributed by atoms with Crippen molar-refractivity contribution in [1.82, 2.24) is 0 Å². The van der Waals surface area contributed by atoms with Crippen LogP contribution >= 0.6 is 11.6 Å².